The van der Waals surface area contributed by atoms with Crippen molar-refractivity contribution in [3.8, 4) is 0 Å². The first-order chi connectivity index (χ1) is 6.24. The molecule has 0 saturated carbocycles. The van der Waals surface area contributed by atoms with Gasteiger partial charge in [0.05, 0.1) is 0 Å². The molecule has 78 valence electrons. The first-order valence-electron chi connectivity index (χ1n) is 5.26. The highest BCUT2D eigenvalue weighted by atomic mass is 79.9. The predicted octanol–water partition coefficient (Wildman–Crippen LogP) is 1.80. The molecule has 1 fully saturated rings. The van der Waals surface area contributed by atoms with Crippen LogP contribution in [0, 0.1) is 0 Å². The fourth-order valence-corrected chi connectivity index (χ4v) is 2.35. The molecule has 0 aromatic rings. The molecule has 1 aliphatic heterocycles. The van der Waals surface area contributed by atoms with E-state index < -0.39 is 0 Å². The highest BCUT2D eigenvalue weighted by Gasteiger charge is 2.15. The van der Waals surface area contributed by atoms with E-state index in [2.05, 4.69) is 39.6 Å². The first kappa shape index (κ1) is 11.5. The zero-order valence-corrected chi connectivity index (χ0v) is 10.4. The van der Waals surface area contributed by atoms with E-state index in [1.807, 2.05) is 0 Å². The van der Waals surface area contributed by atoms with Crippen LogP contribution in [0.15, 0.2) is 0 Å². The molecule has 0 bridgehead atoms. The van der Waals surface area contributed by atoms with Crippen LogP contribution >= 0.6 is 15.9 Å². The van der Waals surface area contributed by atoms with E-state index >= 15 is 0 Å². The van der Waals surface area contributed by atoms with E-state index in [0.717, 1.165) is 5.33 Å². The Kier molecular flexibility index (Phi) is 5.29. The number of alkyl halides is 1. The van der Waals surface area contributed by atoms with Crippen molar-refractivity contribution in [2.75, 3.05) is 38.1 Å². The Morgan fingerprint density at radius 1 is 1.15 bits per heavy atom. The number of halogens is 1. The van der Waals surface area contributed by atoms with Gasteiger partial charge in [0, 0.05) is 31.0 Å². The second-order valence-electron chi connectivity index (χ2n) is 4.01. The van der Waals surface area contributed by atoms with Gasteiger partial charge in [-0.05, 0) is 33.4 Å². The molecular formula is C10H21BrN2. The van der Waals surface area contributed by atoms with Crippen molar-refractivity contribution in [3.63, 3.8) is 0 Å². The maximum absolute atomic E-state index is 3.50. The maximum atomic E-state index is 3.50. The van der Waals surface area contributed by atoms with Crippen molar-refractivity contribution in [1.82, 2.24) is 9.80 Å². The lowest BCUT2D eigenvalue weighted by atomic mass is 10.3. The standard InChI is InChI=1S/C10H21BrN2/c1-10(2)13-6-3-5-12(7-4-11)8-9-13/h10H,3-9H2,1-2H3. The summed E-state index contributed by atoms with van der Waals surface area (Å²) in [6.45, 7) is 10.8. The van der Waals surface area contributed by atoms with Crippen LogP contribution in [0.25, 0.3) is 0 Å². The Bertz CT molecular complexity index is 139. The molecule has 0 aromatic heterocycles. The molecule has 1 rings (SSSR count). The fraction of sp³-hybridized carbons (Fsp3) is 1.00. The normalized spacial score (nSPS) is 22.2. The molecule has 3 heteroatoms. The van der Waals surface area contributed by atoms with Gasteiger partial charge in [0.25, 0.3) is 0 Å². The highest BCUT2D eigenvalue weighted by Crippen LogP contribution is 2.06. The van der Waals surface area contributed by atoms with Crippen molar-refractivity contribution >= 4 is 15.9 Å². The van der Waals surface area contributed by atoms with Crippen molar-refractivity contribution in [1.29, 1.82) is 0 Å². The van der Waals surface area contributed by atoms with Crippen LogP contribution in [-0.2, 0) is 0 Å². The summed E-state index contributed by atoms with van der Waals surface area (Å²) in [4.78, 5) is 5.13. The van der Waals surface area contributed by atoms with Gasteiger partial charge in [-0.1, -0.05) is 15.9 Å². The monoisotopic (exact) mass is 248 g/mol. The summed E-state index contributed by atoms with van der Waals surface area (Å²) in [5.41, 5.74) is 0. The van der Waals surface area contributed by atoms with E-state index in [4.69, 9.17) is 0 Å². The van der Waals surface area contributed by atoms with Crippen molar-refractivity contribution < 1.29 is 0 Å². The summed E-state index contributed by atoms with van der Waals surface area (Å²) in [6.07, 6.45) is 1.32. The van der Waals surface area contributed by atoms with Crippen LogP contribution in [-0.4, -0.2) is 53.9 Å². The number of hydrogen-bond acceptors (Lipinski definition) is 2. The third-order valence-electron chi connectivity index (χ3n) is 2.75. The molecule has 0 amide bonds. The smallest absolute Gasteiger partial charge is 0.0159 e. The van der Waals surface area contributed by atoms with Gasteiger partial charge in [0.1, 0.15) is 0 Å². The fourth-order valence-electron chi connectivity index (χ4n) is 1.85. The van der Waals surface area contributed by atoms with Gasteiger partial charge in [-0.15, -0.1) is 0 Å². The minimum Gasteiger partial charge on any atom is -0.301 e. The van der Waals surface area contributed by atoms with Crippen LogP contribution in [0.1, 0.15) is 20.3 Å². The summed E-state index contributed by atoms with van der Waals surface area (Å²) in [5.74, 6) is 0. The van der Waals surface area contributed by atoms with Gasteiger partial charge < -0.3 is 4.90 Å². The topological polar surface area (TPSA) is 6.48 Å². The summed E-state index contributed by atoms with van der Waals surface area (Å²) in [7, 11) is 0. The van der Waals surface area contributed by atoms with Gasteiger partial charge in [-0.3, -0.25) is 4.90 Å². The maximum Gasteiger partial charge on any atom is 0.0159 e. The third-order valence-corrected chi connectivity index (χ3v) is 3.11. The van der Waals surface area contributed by atoms with E-state index in [9.17, 15) is 0 Å². The molecule has 0 aromatic carbocycles. The van der Waals surface area contributed by atoms with Crippen LogP contribution in [0.2, 0.25) is 0 Å². The minimum absolute atomic E-state index is 0.712. The number of nitrogens with zero attached hydrogens (tertiary/aromatic N) is 2. The SMILES string of the molecule is CC(C)N1CCCN(CCBr)CC1. The number of rotatable bonds is 3. The lowest BCUT2D eigenvalue weighted by Crippen LogP contribution is -2.35. The average molecular weight is 249 g/mol. The predicted molar refractivity (Wildman–Crippen MR) is 61.6 cm³/mol. The Morgan fingerprint density at radius 3 is 2.54 bits per heavy atom. The van der Waals surface area contributed by atoms with Gasteiger partial charge in [0.2, 0.25) is 0 Å². The second-order valence-corrected chi connectivity index (χ2v) is 4.81. The molecule has 1 heterocycles. The van der Waals surface area contributed by atoms with Crippen molar-refractivity contribution in [2.24, 2.45) is 0 Å². The van der Waals surface area contributed by atoms with Crippen LogP contribution < -0.4 is 0 Å². The second kappa shape index (κ2) is 5.99. The van der Waals surface area contributed by atoms with Crippen molar-refractivity contribution in [3.05, 3.63) is 0 Å². The van der Waals surface area contributed by atoms with Crippen LogP contribution in [0.5, 0.6) is 0 Å². The molecule has 1 aliphatic rings. The lowest BCUT2D eigenvalue weighted by Gasteiger charge is -2.24. The van der Waals surface area contributed by atoms with Crippen molar-refractivity contribution in [2.45, 2.75) is 26.3 Å². The molecule has 0 unspecified atom stereocenters. The summed E-state index contributed by atoms with van der Waals surface area (Å²) < 4.78 is 0. The number of hydrogen-bond donors (Lipinski definition) is 0. The lowest BCUT2D eigenvalue weighted by molar-refractivity contribution is 0.223. The van der Waals surface area contributed by atoms with Gasteiger partial charge >= 0.3 is 0 Å². The quantitative estimate of drug-likeness (QED) is 0.704. The van der Waals surface area contributed by atoms with E-state index in [1.165, 1.54) is 39.1 Å². The van der Waals surface area contributed by atoms with E-state index in [-0.39, 0.29) is 0 Å². The van der Waals surface area contributed by atoms with E-state index in [0.29, 0.717) is 6.04 Å². The molecule has 13 heavy (non-hydrogen) atoms. The zero-order valence-electron chi connectivity index (χ0n) is 8.80. The Morgan fingerprint density at radius 2 is 1.92 bits per heavy atom. The highest BCUT2D eigenvalue weighted by molar-refractivity contribution is 9.09. The molecule has 0 N–H and O–H groups in total. The van der Waals surface area contributed by atoms with Crippen LogP contribution in [0.4, 0.5) is 0 Å². The average Bonchev–Trinajstić information content (AvgIpc) is 2.30. The largest absolute Gasteiger partial charge is 0.301 e. The first-order valence-corrected chi connectivity index (χ1v) is 6.38. The Balaban J connectivity index is 2.30. The van der Waals surface area contributed by atoms with E-state index in [1.54, 1.807) is 0 Å². The van der Waals surface area contributed by atoms with Gasteiger partial charge in [-0.2, -0.15) is 0 Å². The molecule has 0 aliphatic carbocycles. The Labute approximate surface area is 90.4 Å². The minimum atomic E-state index is 0.712. The summed E-state index contributed by atoms with van der Waals surface area (Å²) in [5, 5.41) is 1.11. The summed E-state index contributed by atoms with van der Waals surface area (Å²) >= 11 is 3.50. The molecule has 0 spiro atoms. The molecule has 2 nitrogen and oxygen atoms in total. The van der Waals surface area contributed by atoms with Gasteiger partial charge in [-0.25, -0.2) is 0 Å². The zero-order chi connectivity index (χ0) is 9.68. The Hall–Kier alpha value is 0.400. The van der Waals surface area contributed by atoms with Crippen LogP contribution in [0.3, 0.4) is 0 Å². The third kappa shape index (κ3) is 3.96. The molecular weight excluding hydrogens is 228 g/mol. The summed E-state index contributed by atoms with van der Waals surface area (Å²) in [6, 6.07) is 0.712. The van der Waals surface area contributed by atoms with Gasteiger partial charge in [0.15, 0.2) is 0 Å². The molecule has 0 atom stereocenters. The molecule has 1 saturated heterocycles. The molecule has 0 radical (unpaired) electrons.